The molecule has 0 radical (unpaired) electrons. The normalized spacial score (nSPS) is 30.3. The highest BCUT2D eigenvalue weighted by atomic mass is 17.9. The van der Waals surface area contributed by atoms with Gasteiger partial charge in [-0.1, -0.05) is 20.3 Å². The zero-order valence-corrected chi connectivity index (χ0v) is 11.1. The van der Waals surface area contributed by atoms with Crippen LogP contribution in [0.15, 0.2) is 0 Å². The van der Waals surface area contributed by atoms with E-state index in [1.807, 2.05) is 6.92 Å². The molecule has 0 heterocycles. The molecule has 18 heavy (non-hydrogen) atoms. The Bertz CT molecular complexity index is 215. The van der Waals surface area contributed by atoms with Crippen molar-refractivity contribution in [3.8, 4) is 0 Å². The van der Waals surface area contributed by atoms with Crippen LogP contribution in [-0.4, -0.2) is 11.4 Å². The molecular weight excluding hydrogens is 244 g/mol. The number of hydrogen-bond donors (Lipinski definition) is 1. The average Bonchev–Trinajstić information content (AvgIpc) is 2.39. The summed E-state index contributed by atoms with van der Waals surface area (Å²) in [5, 5.41) is 26.5. The zero-order valence-electron chi connectivity index (χ0n) is 11.1. The summed E-state index contributed by atoms with van der Waals surface area (Å²) in [5.74, 6) is 0.820. The van der Waals surface area contributed by atoms with Crippen LogP contribution in [0.2, 0.25) is 0 Å². The minimum atomic E-state index is -0.144. The Morgan fingerprint density at radius 3 is 2.33 bits per heavy atom. The highest BCUT2D eigenvalue weighted by Gasteiger charge is 2.37. The van der Waals surface area contributed by atoms with E-state index in [9.17, 15) is 0 Å². The van der Waals surface area contributed by atoms with Crippen LogP contribution in [-0.2, 0) is 30.1 Å². The van der Waals surface area contributed by atoms with Gasteiger partial charge in [-0.2, -0.15) is 0 Å². The number of rotatable bonds is 8. The van der Waals surface area contributed by atoms with E-state index >= 15 is 0 Å². The molecule has 0 amide bonds. The fourth-order valence-electron chi connectivity index (χ4n) is 2.38. The molecule has 1 aliphatic carbocycles. The van der Waals surface area contributed by atoms with Gasteiger partial charge in [-0.15, -0.1) is 0 Å². The summed E-state index contributed by atoms with van der Waals surface area (Å²) in [5.41, 5.74) is 0.0589. The molecule has 1 atom stereocenters. The van der Waals surface area contributed by atoms with E-state index in [0.717, 1.165) is 18.8 Å². The fourth-order valence-corrected chi connectivity index (χ4v) is 2.38. The van der Waals surface area contributed by atoms with Gasteiger partial charge in [0, 0.05) is 0 Å². The molecule has 0 spiro atoms. The third-order valence-electron chi connectivity index (χ3n) is 4.10. The Morgan fingerprint density at radius 1 is 1.17 bits per heavy atom. The average molecular weight is 266 g/mol. The van der Waals surface area contributed by atoms with Gasteiger partial charge in [0.05, 0.1) is 6.10 Å². The lowest BCUT2D eigenvalue weighted by Gasteiger charge is -2.40. The van der Waals surface area contributed by atoms with Gasteiger partial charge in [0.1, 0.15) is 0 Å². The Kier molecular flexibility index (Phi) is 7.02. The fraction of sp³-hybridized carbons (Fsp3) is 1.00. The van der Waals surface area contributed by atoms with Gasteiger partial charge in [0.2, 0.25) is 0 Å². The first-order chi connectivity index (χ1) is 8.62. The maximum Gasteiger partial charge on any atom is 0.0987 e. The minimum absolute atomic E-state index is 0.0589. The molecule has 0 aromatic carbocycles. The second-order valence-corrected chi connectivity index (χ2v) is 5.09. The zero-order chi connectivity index (χ0) is 13.4. The molecule has 1 unspecified atom stereocenters. The van der Waals surface area contributed by atoms with Gasteiger partial charge >= 0.3 is 0 Å². The van der Waals surface area contributed by atoms with E-state index in [1.54, 1.807) is 0 Å². The Balaban J connectivity index is 2.21. The summed E-state index contributed by atoms with van der Waals surface area (Å²) in [6, 6.07) is 0. The molecule has 7 nitrogen and oxygen atoms in total. The summed E-state index contributed by atoms with van der Waals surface area (Å²) in [6.07, 6.45) is 5.69. The lowest BCUT2D eigenvalue weighted by molar-refractivity contribution is -0.790. The maximum atomic E-state index is 7.74. The molecule has 7 heteroatoms. The van der Waals surface area contributed by atoms with Crippen LogP contribution in [0, 0.1) is 11.3 Å². The SMILES string of the molecule is CCC1CCC(C)(C(C)OOOOOOO)CC1. The summed E-state index contributed by atoms with van der Waals surface area (Å²) in [4.78, 5) is 5.04. The van der Waals surface area contributed by atoms with Gasteiger partial charge < -0.3 is 0 Å². The Labute approximate surface area is 106 Å². The Morgan fingerprint density at radius 2 is 1.78 bits per heavy atom. The first-order valence-corrected chi connectivity index (χ1v) is 6.26. The van der Waals surface area contributed by atoms with Gasteiger partial charge in [-0.3, -0.25) is 0 Å². The van der Waals surface area contributed by atoms with Crippen LogP contribution in [0.3, 0.4) is 0 Å². The smallest absolute Gasteiger partial charge is 0.0987 e. The molecule has 1 N–H and O–H groups in total. The van der Waals surface area contributed by atoms with Crippen LogP contribution >= 0.6 is 0 Å². The second kappa shape index (κ2) is 8.00. The standard InChI is InChI=1S/C11H22O7/c1-4-10-5-7-11(3,8-6-10)9(2)13-15-17-18-16-14-12/h9-10,12H,4-8H2,1-3H3. The minimum Gasteiger partial charge on any atom is -0.219 e. The van der Waals surface area contributed by atoms with Gasteiger partial charge in [0.15, 0.2) is 0 Å². The first-order valence-electron chi connectivity index (χ1n) is 6.26. The van der Waals surface area contributed by atoms with Crippen molar-refractivity contribution in [3.05, 3.63) is 0 Å². The Hall–Kier alpha value is -0.280. The van der Waals surface area contributed by atoms with Crippen molar-refractivity contribution in [1.29, 1.82) is 0 Å². The van der Waals surface area contributed by atoms with Crippen molar-refractivity contribution >= 4 is 0 Å². The quantitative estimate of drug-likeness (QED) is 0.411. The van der Waals surface area contributed by atoms with Crippen molar-refractivity contribution in [2.75, 3.05) is 0 Å². The molecule has 1 fully saturated rings. The van der Waals surface area contributed by atoms with Crippen LogP contribution in [0.1, 0.15) is 52.9 Å². The van der Waals surface area contributed by atoms with Crippen LogP contribution in [0.25, 0.3) is 0 Å². The third kappa shape index (κ3) is 4.77. The van der Waals surface area contributed by atoms with Crippen LogP contribution < -0.4 is 0 Å². The van der Waals surface area contributed by atoms with Crippen LogP contribution in [0.5, 0.6) is 0 Å². The van der Waals surface area contributed by atoms with Crippen LogP contribution in [0.4, 0.5) is 0 Å². The van der Waals surface area contributed by atoms with E-state index in [-0.39, 0.29) is 11.5 Å². The van der Waals surface area contributed by atoms with Crippen molar-refractivity contribution in [3.63, 3.8) is 0 Å². The van der Waals surface area contributed by atoms with Crippen molar-refractivity contribution in [2.45, 2.75) is 59.0 Å². The van der Waals surface area contributed by atoms with Gasteiger partial charge in [-0.05, 0) is 69.1 Å². The summed E-state index contributed by atoms with van der Waals surface area (Å²) >= 11 is 0. The van der Waals surface area contributed by atoms with E-state index in [2.05, 4.69) is 39.0 Å². The molecule has 1 rings (SSSR count). The molecule has 108 valence electrons. The molecule has 0 saturated heterocycles. The lowest BCUT2D eigenvalue weighted by Crippen LogP contribution is -2.36. The summed E-state index contributed by atoms with van der Waals surface area (Å²) in [6.45, 7) is 6.31. The van der Waals surface area contributed by atoms with Crippen molar-refractivity contribution in [2.24, 2.45) is 11.3 Å². The highest BCUT2D eigenvalue weighted by Crippen LogP contribution is 2.43. The molecule has 0 aliphatic heterocycles. The highest BCUT2D eigenvalue weighted by molar-refractivity contribution is 4.85. The van der Waals surface area contributed by atoms with Gasteiger partial charge in [0.25, 0.3) is 0 Å². The second-order valence-electron chi connectivity index (χ2n) is 5.09. The van der Waals surface area contributed by atoms with E-state index in [4.69, 9.17) is 10.1 Å². The number of hydrogen-bond acceptors (Lipinski definition) is 7. The maximum absolute atomic E-state index is 7.74. The topological polar surface area (TPSA) is 75.6 Å². The molecule has 1 saturated carbocycles. The predicted octanol–water partition coefficient (Wildman–Crippen LogP) is 3.13. The van der Waals surface area contributed by atoms with Crippen molar-refractivity contribution in [1.82, 2.24) is 0 Å². The predicted molar refractivity (Wildman–Crippen MR) is 59.0 cm³/mol. The molecule has 0 bridgehead atoms. The van der Waals surface area contributed by atoms with Gasteiger partial charge in [-0.25, -0.2) is 10.1 Å². The summed E-state index contributed by atoms with van der Waals surface area (Å²) in [7, 11) is 0. The summed E-state index contributed by atoms with van der Waals surface area (Å²) < 4.78 is 0. The molecule has 0 aromatic rings. The first kappa shape index (κ1) is 15.8. The van der Waals surface area contributed by atoms with E-state index < -0.39 is 0 Å². The molecular formula is C11H22O7. The largest absolute Gasteiger partial charge is 0.219 e. The molecule has 0 aromatic heterocycles. The lowest BCUT2D eigenvalue weighted by atomic mass is 9.68. The van der Waals surface area contributed by atoms with E-state index in [0.29, 0.717) is 0 Å². The van der Waals surface area contributed by atoms with E-state index in [1.165, 1.54) is 19.3 Å². The van der Waals surface area contributed by atoms with Crippen molar-refractivity contribution < 1.29 is 35.3 Å². The monoisotopic (exact) mass is 266 g/mol. The third-order valence-corrected chi connectivity index (χ3v) is 4.10. The molecule has 1 aliphatic rings.